The number of halogens is 1. The second-order valence-electron chi connectivity index (χ2n) is 14.4. The number of nitrogens with one attached hydrogen (secondary N) is 1. The van der Waals surface area contributed by atoms with E-state index in [4.69, 9.17) is 16.3 Å². The van der Waals surface area contributed by atoms with E-state index in [2.05, 4.69) is 64.8 Å². The van der Waals surface area contributed by atoms with Crippen molar-refractivity contribution in [2.75, 3.05) is 46.4 Å². The minimum atomic E-state index is -0.583. The van der Waals surface area contributed by atoms with Crippen LogP contribution in [-0.4, -0.2) is 113 Å². The van der Waals surface area contributed by atoms with Gasteiger partial charge in [-0.2, -0.15) is 5.26 Å². The van der Waals surface area contributed by atoms with E-state index < -0.39 is 11.1 Å². The van der Waals surface area contributed by atoms with Crippen molar-refractivity contribution in [3.63, 3.8) is 0 Å². The Bertz CT molecular complexity index is 1360. The molecule has 48 heavy (non-hydrogen) atoms. The standard InChI is InChI=1S/C37H53ClN6O3S/c1-4-6-7-10-20-44-32-30(15-17-37(33(32)46)23-26-12-8-9-14-29(26)34(38)48-37)35(40-36(44)47-25-28-13-11-19-41(28)3)42-21-22-43(31(45)5-2)27(24-42)16-18-39/h5,8-9,12,14,27-28,30,32,34-36,40H,2,4,6-7,10-11,13,15-17,19-25H2,1,3H3/t27?,28?,30?,32?,34?,35?,36?,37-/m0/s1. The normalized spacial score (nSPS) is 34.5. The van der Waals surface area contributed by atoms with Gasteiger partial charge in [-0.3, -0.25) is 24.7 Å². The Balaban J connectivity index is 1.33. The number of likely N-dealkylation sites (tertiary alicyclic amines) is 1. The number of ether oxygens (including phenoxy) is 1. The van der Waals surface area contributed by atoms with Gasteiger partial charge in [0.25, 0.3) is 0 Å². The summed E-state index contributed by atoms with van der Waals surface area (Å²) in [6.45, 7) is 10.1. The number of unbranched alkanes of at least 4 members (excludes halogenated alkanes) is 3. The molecule has 4 aliphatic heterocycles. The van der Waals surface area contributed by atoms with E-state index in [0.717, 1.165) is 57.2 Å². The highest BCUT2D eigenvalue weighted by Crippen LogP contribution is 2.56. The first-order valence-electron chi connectivity index (χ1n) is 18.1. The Kier molecular flexibility index (Phi) is 11.9. The van der Waals surface area contributed by atoms with E-state index in [1.165, 1.54) is 24.5 Å². The fraction of sp³-hybridized carbons (Fsp3) is 0.703. The second kappa shape index (κ2) is 15.9. The quantitative estimate of drug-likeness (QED) is 0.192. The van der Waals surface area contributed by atoms with Crippen LogP contribution in [0.5, 0.6) is 0 Å². The van der Waals surface area contributed by atoms with Crippen LogP contribution in [0.25, 0.3) is 0 Å². The van der Waals surface area contributed by atoms with Gasteiger partial charge in [-0.1, -0.05) is 57.0 Å². The minimum absolute atomic E-state index is 0.0410. The molecule has 1 aliphatic carbocycles. The summed E-state index contributed by atoms with van der Waals surface area (Å²) in [5, 5.41) is 13.6. The molecular formula is C37H53ClN6O3S. The molecule has 262 valence electrons. The van der Waals surface area contributed by atoms with Gasteiger partial charge >= 0.3 is 0 Å². The summed E-state index contributed by atoms with van der Waals surface area (Å²) in [7, 11) is 2.17. The predicted molar refractivity (Wildman–Crippen MR) is 191 cm³/mol. The maximum absolute atomic E-state index is 15.3. The molecule has 11 heteroatoms. The summed E-state index contributed by atoms with van der Waals surface area (Å²) in [5.41, 5.74) is 2.31. The Morgan fingerprint density at radius 3 is 2.79 bits per heavy atom. The lowest BCUT2D eigenvalue weighted by Crippen LogP contribution is -2.76. The van der Waals surface area contributed by atoms with Crippen molar-refractivity contribution in [1.82, 2.24) is 24.9 Å². The van der Waals surface area contributed by atoms with E-state index in [9.17, 15) is 10.1 Å². The number of Topliss-reactive ketones (excluding diaryl/α,β-unsaturated/α-hetero) is 1. The number of carbonyl (C=O) groups is 2. The third-order valence-corrected chi connectivity index (χ3v) is 13.5. The number of fused-ring (bicyclic) bond motifs is 2. The molecule has 1 N–H and O–H groups in total. The molecule has 4 heterocycles. The molecule has 1 amide bonds. The number of piperazine rings is 1. The molecule has 9 nitrogen and oxygen atoms in total. The van der Waals surface area contributed by atoms with Crippen molar-refractivity contribution in [2.24, 2.45) is 5.92 Å². The molecule has 5 aliphatic rings. The molecule has 0 aromatic heterocycles. The van der Waals surface area contributed by atoms with Crippen LogP contribution in [0.2, 0.25) is 0 Å². The third kappa shape index (κ3) is 7.25. The van der Waals surface area contributed by atoms with E-state index in [1.54, 1.807) is 16.7 Å². The van der Waals surface area contributed by atoms with E-state index in [0.29, 0.717) is 38.7 Å². The van der Waals surface area contributed by atoms with Crippen LogP contribution in [0, 0.1) is 17.2 Å². The first-order valence-corrected chi connectivity index (χ1v) is 19.4. The second-order valence-corrected chi connectivity index (χ2v) is 16.6. The summed E-state index contributed by atoms with van der Waals surface area (Å²) < 4.78 is 6.01. The smallest absolute Gasteiger partial charge is 0.246 e. The van der Waals surface area contributed by atoms with Crippen LogP contribution in [-0.2, 0) is 20.7 Å². The summed E-state index contributed by atoms with van der Waals surface area (Å²) >= 11 is 8.71. The summed E-state index contributed by atoms with van der Waals surface area (Å²) in [5.74, 6) is 0.190. The van der Waals surface area contributed by atoms with Crippen LogP contribution in [0.15, 0.2) is 36.9 Å². The van der Waals surface area contributed by atoms with E-state index in [1.807, 2.05) is 6.07 Å². The zero-order valence-corrected chi connectivity index (χ0v) is 30.3. The molecule has 7 unspecified atom stereocenters. The van der Waals surface area contributed by atoms with Crippen LogP contribution in [0.1, 0.15) is 80.5 Å². The number of nitrogens with zero attached hydrogens (tertiary/aromatic N) is 5. The fourth-order valence-electron chi connectivity index (χ4n) is 8.91. The zero-order chi connectivity index (χ0) is 33.8. The van der Waals surface area contributed by atoms with Crippen molar-refractivity contribution >= 4 is 35.1 Å². The number of amides is 1. The predicted octanol–water partition coefficient (Wildman–Crippen LogP) is 5.12. The number of alkyl halides is 1. The molecule has 3 saturated heterocycles. The number of hydrogen-bond donors (Lipinski definition) is 1. The maximum Gasteiger partial charge on any atom is 0.246 e. The molecule has 1 aromatic carbocycles. The van der Waals surface area contributed by atoms with E-state index >= 15 is 4.79 Å². The number of rotatable bonds is 11. The Hall–Kier alpha value is -1.97. The van der Waals surface area contributed by atoms with Crippen LogP contribution in [0.3, 0.4) is 0 Å². The van der Waals surface area contributed by atoms with Crippen molar-refractivity contribution in [3.05, 3.63) is 48.0 Å². The first kappa shape index (κ1) is 35.8. The molecule has 0 bridgehead atoms. The number of nitriles is 1. The topological polar surface area (TPSA) is 92.2 Å². The Morgan fingerprint density at radius 2 is 2.04 bits per heavy atom. The Morgan fingerprint density at radius 1 is 1.21 bits per heavy atom. The first-order chi connectivity index (χ1) is 23.3. The van der Waals surface area contributed by atoms with Gasteiger partial charge in [0.1, 0.15) is 4.71 Å². The molecule has 1 aromatic rings. The highest BCUT2D eigenvalue weighted by atomic mass is 35.5. The van der Waals surface area contributed by atoms with Gasteiger partial charge in [-0.25, -0.2) is 0 Å². The molecule has 1 spiro atoms. The summed E-state index contributed by atoms with van der Waals surface area (Å²) in [6, 6.07) is 10.4. The number of thioether (sulfide) groups is 1. The third-order valence-electron chi connectivity index (χ3n) is 11.6. The lowest BCUT2D eigenvalue weighted by Gasteiger charge is -2.58. The van der Waals surface area contributed by atoms with Gasteiger partial charge in [0.15, 0.2) is 12.1 Å². The number of ketones is 1. The van der Waals surface area contributed by atoms with Crippen LogP contribution < -0.4 is 5.32 Å². The lowest BCUT2D eigenvalue weighted by atomic mass is 9.70. The molecule has 8 atom stereocenters. The minimum Gasteiger partial charge on any atom is -0.348 e. The van der Waals surface area contributed by atoms with Gasteiger partial charge in [0.05, 0.1) is 42.1 Å². The van der Waals surface area contributed by atoms with Crippen LogP contribution >= 0.6 is 23.4 Å². The lowest BCUT2D eigenvalue weighted by molar-refractivity contribution is -0.188. The van der Waals surface area contributed by atoms with Gasteiger partial charge in [-0.05, 0) is 69.3 Å². The maximum atomic E-state index is 15.3. The molecule has 1 saturated carbocycles. The van der Waals surface area contributed by atoms with E-state index in [-0.39, 0.29) is 47.0 Å². The van der Waals surface area contributed by atoms with Crippen molar-refractivity contribution < 1.29 is 14.3 Å². The SMILES string of the molecule is C=CC(=O)N1CCN(C2NC(OCC3CCCN3C)N(CCCCCC)C3C(=O)[C@]4(CCC23)Cc2ccccc2C(Cl)S4)CC1CC#N. The number of carbonyl (C=O) groups excluding carboxylic acids is 2. The largest absolute Gasteiger partial charge is 0.348 e. The van der Waals surface area contributed by atoms with Crippen molar-refractivity contribution in [1.29, 1.82) is 5.26 Å². The Labute approximate surface area is 296 Å². The summed E-state index contributed by atoms with van der Waals surface area (Å²) in [4.78, 5) is 37.0. The molecule has 0 radical (unpaired) electrons. The fourth-order valence-corrected chi connectivity index (χ4v) is 11.1. The average molecular weight is 697 g/mol. The number of likely N-dealkylation sites (N-methyl/N-ethyl adjacent to an activating group) is 1. The molecular weight excluding hydrogens is 644 g/mol. The van der Waals surface area contributed by atoms with Gasteiger partial charge in [0, 0.05) is 38.1 Å². The average Bonchev–Trinajstić information content (AvgIpc) is 3.51. The monoisotopic (exact) mass is 696 g/mol. The zero-order valence-electron chi connectivity index (χ0n) is 28.7. The number of benzene rings is 1. The van der Waals surface area contributed by atoms with Crippen molar-refractivity contribution in [2.45, 2.75) is 111 Å². The highest BCUT2D eigenvalue weighted by Gasteiger charge is 2.59. The molecule has 6 rings (SSSR count). The van der Waals surface area contributed by atoms with Crippen LogP contribution in [0.4, 0.5) is 0 Å². The van der Waals surface area contributed by atoms with Gasteiger partial charge in [-0.15, -0.1) is 23.4 Å². The van der Waals surface area contributed by atoms with Gasteiger partial charge < -0.3 is 14.5 Å². The van der Waals surface area contributed by atoms with Gasteiger partial charge in [0.2, 0.25) is 5.91 Å². The molecule has 4 fully saturated rings. The number of hydrogen-bond acceptors (Lipinski definition) is 9. The highest BCUT2D eigenvalue weighted by molar-refractivity contribution is 8.02. The summed E-state index contributed by atoms with van der Waals surface area (Å²) in [6.07, 6.45) is 10.1. The van der Waals surface area contributed by atoms with Crippen molar-refractivity contribution in [3.8, 4) is 6.07 Å².